The highest BCUT2D eigenvalue weighted by atomic mass is 16.5. The third kappa shape index (κ3) is 4.54. The average molecular weight is 332 g/mol. The third-order valence-electron chi connectivity index (χ3n) is 4.35. The summed E-state index contributed by atoms with van der Waals surface area (Å²) >= 11 is 0. The van der Waals surface area contributed by atoms with Crippen molar-refractivity contribution in [3.8, 4) is 11.5 Å². The van der Waals surface area contributed by atoms with E-state index in [0.29, 0.717) is 19.1 Å². The van der Waals surface area contributed by atoms with Crippen LogP contribution in [0.15, 0.2) is 23.2 Å². The highest BCUT2D eigenvalue weighted by Gasteiger charge is 2.19. The second-order valence-electron chi connectivity index (χ2n) is 6.47. The quantitative estimate of drug-likeness (QED) is 0.654. The van der Waals surface area contributed by atoms with Gasteiger partial charge in [-0.05, 0) is 45.0 Å². The highest BCUT2D eigenvalue weighted by molar-refractivity contribution is 5.93. The lowest BCUT2D eigenvalue weighted by atomic mass is 10.1. The van der Waals surface area contributed by atoms with Crippen molar-refractivity contribution in [3.63, 3.8) is 0 Å². The molecule has 0 spiro atoms. The first-order valence-corrected chi connectivity index (χ1v) is 8.88. The van der Waals surface area contributed by atoms with E-state index < -0.39 is 0 Å². The van der Waals surface area contributed by atoms with Crippen molar-refractivity contribution in [3.05, 3.63) is 18.2 Å². The number of guanidine groups is 1. The van der Waals surface area contributed by atoms with Gasteiger partial charge in [0.2, 0.25) is 0 Å². The van der Waals surface area contributed by atoms with Crippen molar-refractivity contribution >= 4 is 11.6 Å². The maximum atomic E-state index is 5.75. The fraction of sp³-hybridized carbons (Fsp3) is 0.611. The van der Waals surface area contributed by atoms with Gasteiger partial charge in [-0.15, -0.1) is 0 Å². The van der Waals surface area contributed by atoms with Gasteiger partial charge < -0.3 is 25.0 Å². The van der Waals surface area contributed by atoms with Gasteiger partial charge in [0.1, 0.15) is 0 Å². The molecule has 0 radical (unpaired) electrons. The molecule has 132 valence electrons. The summed E-state index contributed by atoms with van der Waals surface area (Å²) in [6.45, 7) is 7.47. The predicted octanol–water partition coefficient (Wildman–Crippen LogP) is 2.18. The number of likely N-dealkylation sites (tertiary alicyclic amines) is 1. The number of ether oxygens (including phenoxy) is 2. The number of nitrogens with zero attached hydrogens (tertiary/aromatic N) is 2. The van der Waals surface area contributed by atoms with Crippen molar-refractivity contribution < 1.29 is 9.47 Å². The molecule has 3 rings (SSSR count). The van der Waals surface area contributed by atoms with Crippen LogP contribution in [-0.2, 0) is 0 Å². The SMILES string of the molecule is CCNC(=NCC1CCN(C)C1)Nc1ccc2c(c1)OCCCO2. The molecule has 0 bridgehead atoms. The molecule has 2 aliphatic rings. The lowest BCUT2D eigenvalue weighted by Gasteiger charge is -2.15. The average Bonchev–Trinajstić information content (AvgIpc) is 2.85. The molecule has 0 amide bonds. The molecule has 1 unspecified atom stereocenters. The largest absolute Gasteiger partial charge is 0.490 e. The Morgan fingerprint density at radius 3 is 2.88 bits per heavy atom. The van der Waals surface area contributed by atoms with E-state index in [9.17, 15) is 0 Å². The first-order valence-electron chi connectivity index (χ1n) is 8.88. The van der Waals surface area contributed by atoms with Crippen LogP contribution in [0.3, 0.4) is 0 Å². The molecule has 0 saturated carbocycles. The lowest BCUT2D eigenvalue weighted by molar-refractivity contribution is 0.297. The van der Waals surface area contributed by atoms with Crippen LogP contribution in [-0.4, -0.2) is 57.3 Å². The first kappa shape index (κ1) is 16.9. The number of hydrogen-bond acceptors (Lipinski definition) is 4. The number of anilines is 1. The van der Waals surface area contributed by atoms with Gasteiger partial charge in [-0.3, -0.25) is 4.99 Å². The van der Waals surface area contributed by atoms with Gasteiger partial charge in [-0.2, -0.15) is 0 Å². The van der Waals surface area contributed by atoms with Crippen molar-refractivity contribution in [1.82, 2.24) is 10.2 Å². The number of fused-ring (bicyclic) bond motifs is 1. The smallest absolute Gasteiger partial charge is 0.195 e. The Morgan fingerprint density at radius 2 is 2.12 bits per heavy atom. The predicted molar refractivity (Wildman–Crippen MR) is 97.3 cm³/mol. The number of nitrogens with one attached hydrogen (secondary N) is 2. The molecule has 1 atom stereocenters. The standard InChI is InChI=1S/C18H28N4O2/c1-3-19-18(20-12-14-7-8-22(2)13-14)21-15-5-6-16-17(11-15)24-10-4-9-23-16/h5-6,11,14H,3-4,7-10,12-13H2,1-2H3,(H2,19,20,21). The molecule has 2 heterocycles. The van der Waals surface area contributed by atoms with Crippen LogP contribution in [0.1, 0.15) is 19.8 Å². The summed E-state index contributed by atoms with van der Waals surface area (Å²) in [5.74, 6) is 3.08. The monoisotopic (exact) mass is 332 g/mol. The normalized spacial score (nSPS) is 21.4. The molecule has 24 heavy (non-hydrogen) atoms. The van der Waals surface area contributed by atoms with Crippen molar-refractivity contribution in [1.29, 1.82) is 0 Å². The molecule has 1 aromatic carbocycles. The Kier molecular flexibility index (Phi) is 5.80. The topological polar surface area (TPSA) is 58.1 Å². The maximum Gasteiger partial charge on any atom is 0.195 e. The van der Waals surface area contributed by atoms with Crippen LogP contribution in [0.2, 0.25) is 0 Å². The van der Waals surface area contributed by atoms with Gasteiger partial charge in [0.05, 0.1) is 13.2 Å². The third-order valence-corrected chi connectivity index (χ3v) is 4.35. The van der Waals surface area contributed by atoms with Gasteiger partial charge in [0.25, 0.3) is 0 Å². The molecule has 1 saturated heterocycles. The van der Waals surface area contributed by atoms with E-state index in [2.05, 4.69) is 29.5 Å². The van der Waals surface area contributed by atoms with E-state index in [4.69, 9.17) is 14.5 Å². The summed E-state index contributed by atoms with van der Waals surface area (Å²) in [5, 5.41) is 6.69. The molecule has 0 aromatic heterocycles. The van der Waals surface area contributed by atoms with Crippen LogP contribution in [0.5, 0.6) is 11.5 Å². The van der Waals surface area contributed by atoms with Crippen LogP contribution >= 0.6 is 0 Å². The molecule has 2 aliphatic heterocycles. The van der Waals surface area contributed by atoms with Crippen LogP contribution in [0.25, 0.3) is 0 Å². The summed E-state index contributed by atoms with van der Waals surface area (Å²) in [6, 6.07) is 5.94. The fourth-order valence-electron chi connectivity index (χ4n) is 3.08. The number of benzene rings is 1. The minimum Gasteiger partial charge on any atom is -0.490 e. The summed E-state index contributed by atoms with van der Waals surface area (Å²) in [4.78, 5) is 7.12. The second-order valence-corrected chi connectivity index (χ2v) is 6.47. The Hall–Kier alpha value is -1.95. The zero-order valence-corrected chi connectivity index (χ0v) is 14.7. The number of hydrogen-bond donors (Lipinski definition) is 2. The lowest BCUT2D eigenvalue weighted by Crippen LogP contribution is -2.31. The van der Waals surface area contributed by atoms with Gasteiger partial charge in [0.15, 0.2) is 17.5 Å². The number of rotatable bonds is 4. The summed E-state index contributed by atoms with van der Waals surface area (Å²) in [6.07, 6.45) is 2.14. The molecular weight excluding hydrogens is 304 g/mol. The van der Waals surface area contributed by atoms with Crippen molar-refractivity contribution in [2.24, 2.45) is 10.9 Å². The highest BCUT2D eigenvalue weighted by Crippen LogP contribution is 2.32. The zero-order chi connectivity index (χ0) is 16.8. The van der Waals surface area contributed by atoms with E-state index in [0.717, 1.165) is 49.2 Å². The zero-order valence-electron chi connectivity index (χ0n) is 14.7. The van der Waals surface area contributed by atoms with Gasteiger partial charge in [-0.25, -0.2) is 0 Å². The Labute approximate surface area is 144 Å². The molecule has 1 fully saturated rings. The molecule has 6 nitrogen and oxygen atoms in total. The molecule has 0 aliphatic carbocycles. The molecule has 1 aromatic rings. The summed E-state index contributed by atoms with van der Waals surface area (Å²) in [7, 11) is 2.17. The Balaban J connectivity index is 1.65. The van der Waals surface area contributed by atoms with Crippen LogP contribution in [0.4, 0.5) is 5.69 Å². The van der Waals surface area contributed by atoms with E-state index >= 15 is 0 Å². The van der Waals surface area contributed by atoms with Crippen molar-refractivity contribution in [2.45, 2.75) is 19.8 Å². The van der Waals surface area contributed by atoms with E-state index in [1.165, 1.54) is 13.0 Å². The fourth-order valence-corrected chi connectivity index (χ4v) is 3.08. The van der Waals surface area contributed by atoms with Crippen LogP contribution in [0, 0.1) is 5.92 Å². The number of aliphatic imine (C=N–C) groups is 1. The molecular formula is C18H28N4O2. The minimum atomic E-state index is 0.647. The molecule has 6 heteroatoms. The van der Waals surface area contributed by atoms with Crippen LogP contribution < -0.4 is 20.1 Å². The Bertz CT molecular complexity index is 576. The van der Waals surface area contributed by atoms with E-state index in [-0.39, 0.29) is 0 Å². The minimum absolute atomic E-state index is 0.647. The summed E-state index contributed by atoms with van der Waals surface area (Å²) in [5.41, 5.74) is 0.961. The Morgan fingerprint density at radius 1 is 1.29 bits per heavy atom. The van der Waals surface area contributed by atoms with Gasteiger partial charge in [0, 0.05) is 37.8 Å². The van der Waals surface area contributed by atoms with Gasteiger partial charge >= 0.3 is 0 Å². The molecule has 2 N–H and O–H groups in total. The first-order chi connectivity index (χ1) is 11.7. The van der Waals surface area contributed by atoms with Crippen molar-refractivity contribution in [2.75, 3.05) is 51.8 Å². The summed E-state index contributed by atoms with van der Waals surface area (Å²) < 4.78 is 11.4. The second kappa shape index (κ2) is 8.24. The van der Waals surface area contributed by atoms with E-state index in [1.54, 1.807) is 0 Å². The van der Waals surface area contributed by atoms with E-state index in [1.807, 2.05) is 18.2 Å². The maximum absolute atomic E-state index is 5.75. The van der Waals surface area contributed by atoms with Gasteiger partial charge in [-0.1, -0.05) is 0 Å².